The maximum Gasteiger partial charge on any atom is 0.323 e. The number of aliphatic hydroxyl groups is 1. The number of H-pyrrole nitrogens is 2. The van der Waals surface area contributed by atoms with Gasteiger partial charge in [0.1, 0.15) is 0 Å². The Labute approximate surface area is 133 Å². The number of benzene rings is 1. The molecule has 1 heterocycles. The van der Waals surface area contributed by atoms with Crippen LogP contribution in [-0.2, 0) is 0 Å². The van der Waals surface area contributed by atoms with E-state index in [9.17, 15) is 9.90 Å². The van der Waals surface area contributed by atoms with Crippen molar-refractivity contribution in [3.8, 4) is 0 Å². The van der Waals surface area contributed by atoms with E-state index >= 15 is 0 Å². The molecule has 21 heavy (non-hydrogen) atoms. The molecule has 0 aliphatic rings. The second kappa shape index (κ2) is 7.80. The second-order valence-corrected chi connectivity index (χ2v) is 6.43. The Morgan fingerprint density at radius 1 is 1.10 bits per heavy atom. The largest absolute Gasteiger partial charge is 0.388 e. The highest BCUT2D eigenvalue weighted by atomic mass is 79.9. The Kier molecular flexibility index (Phi) is 6.06. The topological polar surface area (TPSA) is 68.9 Å². The molecule has 4 nitrogen and oxygen atoms in total. The van der Waals surface area contributed by atoms with E-state index in [1.54, 1.807) is 0 Å². The fraction of sp³-hybridized carbons (Fsp3) is 0.562. The first kappa shape index (κ1) is 16.3. The first-order valence-electron chi connectivity index (χ1n) is 7.71. The molecular weight excluding hydrogens is 332 g/mol. The quantitative estimate of drug-likeness (QED) is 0.614. The summed E-state index contributed by atoms with van der Waals surface area (Å²) in [7, 11) is 0. The Morgan fingerprint density at radius 3 is 2.43 bits per heavy atom. The van der Waals surface area contributed by atoms with Crippen LogP contribution in [0.1, 0.15) is 63.5 Å². The van der Waals surface area contributed by atoms with Gasteiger partial charge in [0.15, 0.2) is 0 Å². The highest BCUT2D eigenvalue weighted by Crippen LogP contribution is 2.30. The molecule has 0 amide bonds. The lowest BCUT2D eigenvalue weighted by Gasteiger charge is -2.13. The molecule has 1 unspecified atom stereocenters. The van der Waals surface area contributed by atoms with E-state index in [0.29, 0.717) is 0 Å². The lowest BCUT2D eigenvalue weighted by Crippen LogP contribution is -1.99. The molecule has 2 rings (SSSR count). The summed E-state index contributed by atoms with van der Waals surface area (Å²) in [6.45, 7) is 2.21. The van der Waals surface area contributed by atoms with Crippen molar-refractivity contribution >= 4 is 27.0 Å². The third-order valence-corrected chi connectivity index (χ3v) is 4.51. The van der Waals surface area contributed by atoms with Crippen molar-refractivity contribution in [2.75, 3.05) is 0 Å². The van der Waals surface area contributed by atoms with Crippen LogP contribution in [0.25, 0.3) is 11.0 Å². The van der Waals surface area contributed by atoms with Gasteiger partial charge in [0.25, 0.3) is 0 Å². The van der Waals surface area contributed by atoms with Crippen molar-refractivity contribution < 1.29 is 5.11 Å². The molecule has 0 fully saturated rings. The van der Waals surface area contributed by atoms with E-state index in [0.717, 1.165) is 40.3 Å². The normalized spacial score (nSPS) is 12.9. The molecule has 1 aromatic heterocycles. The summed E-state index contributed by atoms with van der Waals surface area (Å²) in [5.74, 6) is 0. The van der Waals surface area contributed by atoms with Crippen LogP contribution in [0.5, 0.6) is 0 Å². The molecule has 0 aliphatic heterocycles. The van der Waals surface area contributed by atoms with Gasteiger partial charge in [0.2, 0.25) is 0 Å². The molecule has 1 aromatic carbocycles. The lowest BCUT2D eigenvalue weighted by molar-refractivity contribution is 0.162. The van der Waals surface area contributed by atoms with Crippen LogP contribution in [-0.4, -0.2) is 15.1 Å². The summed E-state index contributed by atoms with van der Waals surface area (Å²) in [5.41, 5.74) is 2.10. The van der Waals surface area contributed by atoms with Crippen LogP contribution in [0.2, 0.25) is 0 Å². The number of fused-ring (bicyclic) bond motifs is 1. The first-order chi connectivity index (χ1) is 10.1. The Balaban J connectivity index is 1.94. The predicted octanol–water partition coefficient (Wildman–Crippen LogP) is 4.40. The van der Waals surface area contributed by atoms with Gasteiger partial charge in [-0.05, 0) is 24.1 Å². The lowest BCUT2D eigenvalue weighted by atomic mass is 10.0. The van der Waals surface area contributed by atoms with Crippen LogP contribution in [0, 0.1) is 0 Å². The Morgan fingerprint density at radius 2 is 1.71 bits per heavy atom. The maximum absolute atomic E-state index is 11.3. The summed E-state index contributed by atoms with van der Waals surface area (Å²) in [6.07, 6.45) is 7.53. The van der Waals surface area contributed by atoms with Crippen molar-refractivity contribution in [2.45, 2.75) is 58.0 Å². The minimum atomic E-state index is -0.492. The molecule has 5 heteroatoms. The van der Waals surface area contributed by atoms with Gasteiger partial charge in [-0.1, -0.05) is 61.4 Å². The summed E-state index contributed by atoms with van der Waals surface area (Å²) >= 11 is 3.47. The van der Waals surface area contributed by atoms with Crippen molar-refractivity contribution in [1.82, 2.24) is 9.97 Å². The first-order valence-corrected chi connectivity index (χ1v) is 8.50. The summed E-state index contributed by atoms with van der Waals surface area (Å²) < 4.78 is 0.837. The monoisotopic (exact) mass is 354 g/mol. The number of halogens is 1. The minimum Gasteiger partial charge on any atom is -0.388 e. The van der Waals surface area contributed by atoms with Crippen molar-refractivity contribution in [2.24, 2.45) is 0 Å². The number of aromatic nitrogens is 2. The summed E-state index contributed by atoms with van der Waals surface area (Å²) in [6, 6.07) is 3.69. The van der Waals surface area contributed by atoms with Gasteiger partial charge in [0.05, 0.1) is 17.1 Å². The van der Waals surface area contributed by atoms with Crippen LogP contribution in [0.15, 0.2) is 21.4 Å². The third-order valence-electron chi connectivity index (χ3n) is 3.82. The molecule has 2 aromatic rings. The van der Waals surface area contributed by atoms with E-state index in [1.165, 1.54) is 25.7 Å². The Hall–Kier alpha value is -1.07. The number of hydrogen-bond donors (Lipinski definition) is 3. The van der Waals surface area contributed by atoms with Crippen LogP contribution >= 0.6 is 15.9 Å². The zero-order valence-electron chi connectivity index (χ0n) is 12.4. The van der Waals surface area contributed by atoms with Gasteiger partial charge >= 0.3 is 5.69 Å². The van der Waals surface area contributed by atoms with Gasteiger partial charge in [-0.2, -0.15) is 0 Å². The highest BCUT2D eigenvalue weighted by Gasteiger charge is 2.13. The molecule has 0 bridgehead atoms. The van der Waals surface area contributed by atoms with E-state index in [4.69, 9.17) is 0 Å². The van der Waals surface area contributed by atoms with Crippen LogP contribution in [0.4, 0.5) is 0 Å². The summed E-state index contributed by atoms with van der Waals surface area (Å²) in [5, 5.41) is 10.3. The molecule has 0 saturated carbocycles. The summed E-state index contributed by atoms with van der Waals surface area (Å²) in [4.78, 5) is 16.7. The van der Waals surface area contributed by atoms with E-state index in [1.807, 2.05) is 12.1 Å². The van der Waals surface area contributed by atoms with Gasteiger partial charge < -0.3 is 15.1 Å². The van der Waals surface area contributed by atoms with E-state index < -0.39 is 6.10 Å². The van der Waals surface area contributed by atoms with E-state index in [2.05, 4.69) is 32.8 Å². The van der Waals surface area contributed by atoms with Gasteiger partial charge in [-0.15, -0.1) is 0 Å². The van der Waals surface area contributed by atoms with Crippen molar-refractivity contribution in [1.29, 1.82) is 0 Å². The molecule has 1 atom stereocenters. The standard InChI is InChI=1S/C16H23BrN2O2/c1-2-3-4-5-6-7-8-15(20)11-9-13-14(10-12(11)17)19-16(21)18-13/h9-10,15,20H,2-8H2,1H3,(H2,18,19,21). The average molecular weight is 355 g/mol. The maximum atomic E-state index is 11.3. The molecule has 116 valence electrons. The Bertz CT molecular complexity index is 633. The number of unbranched alkanes of at least 4 members (excludes halogenated alkanes) is 5. The number of imidazole rings is 1. The predicted molar refractivity (Wildman–Crippen MR) is 89.6 cm³/mol. The SMILES string of the molecule is CCCCCCCCC(O)c1cc2[nH]c(=O)[nH]c2cc1Br. The number of aliphatic hydroxyl groups excluding tert-OH is 1. The molecule has 3 N–H and O–H groups in total. The zero-order chi connectivity index (χ0) is 15.2. The minimum absolute atomic E-state index is 0.223. The smallest absolute Gasteiger partial charge is 0.323 e. The fourth-order valence-electron chi connectivity index (χ4n) is 2.60. The molecule has 0 saturated heterocycles. The third kappa shape index (κ3) is 4.45. The number of nitrogens with one attached hydrogen (secondary N) is 2. The van der Waals surface area contributed by atoms with Crippen LogP contribution < -0.4 is 5.69 Å². The van der Waals surface area contributed by atoms with Crippen molar-refractivity contribution in [3.05, 3.63) is 32.7 Å². The van der Waals surface area contributed by atoms with Crippen molar-refractivity contribution in [3.63, 3.8) is 0 Å². The van der Waals surface area contributed by atoms with E-state index in [-0.39, 0.29) is 5.69 Å². The van der Waals surface area contributed by atoms with Gasteiger partial charge in [0, 0.05) is 4.47 Å². The average Bonchev–Trinajstić information content (AvgIpc) is 2.80. The zero-order valence-corrected chi connectivity index (χ0v) is 14.0. The van der Waals surface area contributed by atoms with Crippen LogP contribution in [0.3, 0.4) is 0 Å². The molecular formula is C16H23BrN2O2. The van der Waals surface area contributed by atoms with Gasteiger partial charge in [-0.25, -0.2) is 4.79 Å². The fourth-order valence-corrected chi connectivity index (χ4v) is 3.21. The molecule has 0 radical (unpaired) electrons. The number of hydrogen-bond acceptors (Lipinski definition) is 2. The number of rotatable bonds is 8. The number of aromatic amines is 2. The molecule has 0 aliphatic carbocycles. The molecule has 0 spiro atoms. The highest BCUT2D eigenvalue weighted by molar-refractivity contribution is 9.10. The van der Waals surface area contributed by atoms with Gasteiger partial charge in [-0.3, -0.25) is 0 Å². The second-order valence-electron chi connectivity index (χ2n) is 5.57.